The lowest BCUT2D eigenvalue weighted by Gasteiger charge is -2.26. The van der Waals surface area contributed by atoms with Gasteiger partial charge in [-0.2, -0.15) is 5.10 Å². The molecule has 0 bridgehead atoms. The average molecular weight is 468 g/mol. The molecule has 0 radical (unpaired) electrons. The number of hydrogen-bond acceptors (Lipinski definition) is 7. The van der Waals surface area contributed by atoms with Gasteiger partial charge in [0.05, 0.1) is 12.8 Å². The first kappa shape index (κ1) is 23.4. The quantitative estimate of drug-likeness (QED) is 0.474. The first-order valence-electron chi connectivity index (χ1n) is 11.5. The highest BCUT2D eigenvalue weighted by Crippen LogP contribution is 2.31. The molecule has 1 saturated heterocycles. The van der Waals surface area contributed by atoms with Crippen LogP contribution in [0.1, 0.15) is 31.7 Å². The normalized spacial score (nSPS) is 17.3. The Balaban J connectivity index is 1.32. The Labute approximate surface area is 198 Å². The smallest absolute Gasteiger partial charge is 0.284 e. The fraction of sp³-hybridized carbons (Fsp3) is 0.400. The number of likely N-dealkylation sites (tertiary alicyclic amines) is 1. The van der Waals surface area contributed by atoms with Crippen molar-refractivity contribution in [3.05, 3.63) is 48.0 Å². The third kappa shape index (κ3) is 5.98. The Morgan fingerprint density at radius 2 is 1.88 bits per heavy atom. The summed E-state index contributed by atoms with van der Waals surface area (Å²) in [7, 11) is 0. The zero-order valence-corrected chi connectivity index (χ0v) is 19.2. The molecule has 1 N–H and O–H groups in total. The lowest BCUT2D eigenvalue weighted by molar-refractivity contribution is -0.134. The molecule has 180 valence electrons. The van der Waals surface area contributed by atoms with Crippen molar-refractivity contribution in [2.24, 2.45) is 5.10 Å². The molecule has 34 heavy (non-hydrogen) atoms. The number of para-hydroxylation sites is 2. The van der Waals surface area contributed by atoms with Crippen molar-refractivity contribution in [2.75, 3.05) is 32.9 Å². The van der Waals surface area contributed by atoms with Crippen LogP contribution in [0, 0.1) is 0 Å². The van der Waals surface area contributed by atoms with E-state index in [1.807, 2.05) is 24.0 Å². The Morgan fingerprint density at radius 3 is 2.68 bits per heavy atom. The van der Waals surface area contributed by atoms with E-state index in [1.54, 1.807) is 30.3 Å². The lowest BCUT2D eigenvalue weighted by atomic mass is 10.1. The molecule has 1 unspecified atom stereocenters. The fourth-order valence-electron chi connectivity index (χ4n) is 3.76. The number of fused-ring (bicyclic) bond motifs is 1. The van der Waals surface area contributed by atoms with Crippen LogP contribution in [0.3, 0.4) is 0 Å². The Morgan fingerprint density at radius 1 is 1.09 bits per heavy atom. The highest BCUT2D eigenvalue weighted by Gasteiger charge is 2.27. The van der Waals surface area contributed by atoms with Crippen molar-refractivity contribution in [1.29, 1.82) is 0 Å². The van der Waals surface area contributed by atoms with E-state index in [2.05, 4.69) is 10.5 Å². The van der Waals surface area contributed by atoms with Crippen molar-refractivity contribution in [3.63, 3.8) is 0 Å². The predicted molar refractivity (Wildman–Crippen MR) is 126 cm³/mol. The molecule has 2 amide bonds. The first-order valence-corrected chi connectivity index (χ1v) is 11.5. The van der Waals surface area contributed by atoms with Crippen LogP contribution < -0.4 is 24.4 Å². The van der Waals surface area contributed by atoms with Crippen LogP contribution in [0.25, 0.3) is 0 Å². The first-order chi connectivity index (χ1) is 16.6. The van der Waals surface area contributed by atoms with Crippen LogP contribution in [0.15, 0.2) is 47.6 Å². The molecule has 0 saturated carbocycles. The van der Waals surface area contributed by atoms with E-state index in [-0.39, 0.29) is 19.1 Å². The highest BCUT2D eigenvalue weighted by atomic mass is 16.6. The van der Waals surface area contributed by atoms with Crippen molar-refractivity contribution in [3.8, 4) is 23.0 Å². The van der Waals surface area contributed by atoms with E-state index in [9.17, 15) is 9.59 Å². The number of rotatable bonds is 8. The van der Waals surface area contributed by atoms with Gasteiger partial charge >= 0.3 is 0 Å². The number of benzene rings is 2. The number of hydrazone groups is 1. The molecule has 9 nitrogen and oxygen atoms in total. The van der Waals surface area contributed by atoms with Gasteiger partial charge < -0.3 is 23.8 Å². The average Bonchev–Trinajstić information content (AvgIpc) is 2.88. The summed E-state index contributed by atoms with van der Waals surface area (Å²) in [5.74, 6) is 1.69. The van der Waals surface area contributed by atoms with Crippen LogP contribution in [-0.4, -0.2) is 61.9 Å². The molecule has 0 spiro atoms. The molecular formula is C25H29N3O6. The molecule has 1 atom stereocenters. The van der Waals surface area contributed by atoms with E-state index >= 15 is 0 Å². The summed E-state index contributed by atoms with van der Waals surface area (Å²) in [6.45, 7) is 3.95. The van der Waals surface area contributed by atoms with Crippen molar-refractivity contribution in [1.82, 2.24) is 10.3 Å². The Kier molecular flexibility index (Phi) is 7.85. The monoisotopic (exact) mass is 467 g/mol. The Bertz CT molecular complexity index is 1040. The number of nitrogens with zero attached hydrogens (tertiary/aromatic N) is 2. The molecule has 0 aromatic heterocycles. The van der Waals surface area contributed by atoms with Gasteiger partial charge in [0, 0.05) is 13.1 Å². The van der Waals surface area contributed by atoms with Crippen molar-refractivity contribution < 1.29 is 28.5 Å². The van der Waals surface area contributed by atoms with Crippen LogP contribution in [0.4, 0.5) is 0 Å². The van der Waals surface area contributed by atoms with Crippen LogP contribution in [0.2, 0.25) is 0 Å². The maximum atomic E-state index is 12.4. The minimum Gasteiger partial charge on any atom is -0.490 e. The van der Waals surface area contributed by atoms with Crippen molar-refractivity contribution >= 4 is 18.0 Å². The number of hydrogen-bond donors (Lipinski definition) is 1. The van der Waals surface area contributed by atoms with Gasteiger partial charge in [0.2, 0.25) is 6.10 Å². The number of carbonyl (C=O) groups excluding carboxylic acids is 2. The van der Waals surface area contributed by atoms with E-state index in [0.717, 1.165) is 32.4 Å². The molecule has 2 aliphatic rings. The van der Waals surface area contributed by atoms with E-state index < -0.39 is 12.0 Å². The molecule has 1 fully saturated rings. The summed E-state index contributed by atoms with van der Waals surface area (Å²) in [5.41, 5.74) is 3.18. The molecular weight excluding hydrogens is 438 g/mol. The third-order valence-electron chi connectivity index (χ3n) is 5.52. The molecule has 4 rings (SSSR count). The fourth-order valence-corrected chi connectivity index (χ4v) is 3.76. The lowest BCUT2D eigenvalue weighted by Crippen LogP contribution is -2.42. The number of nitrogens with one attached hydrogen (secondary N) is 1. The standard InChI is InChI=1S/C25H29N3O6/c1-2-31-22-14-18(10-11-20(22)33-17-24(29)28-12-6-3-7-13-28)15-26-27-25(30)23-16-32-19-8-4-5-9-21(19)34-23/h4-5,8-11,14-15,23H,2-3,6-7,12-13,16-17H2,1H3,(H,27,30)/b26-15+. The predicted octanol–water partition coefficient (Wildman–Crippen LogP) is 2.77. The summed E-state index contributed by atoms with van der Waals surface area (Å²) in [6.07, 6.45) is 3.94. The van der Waals surface area contributed by atoms with Crippen LogP contribution in [-0.2, 0) is 9.59 Å². The van der Waals surface area contributed by atoms with Crippen LogP contribution in [0.5, 0.6) is 23.0 Å². The summed E-state index contributed by atoms with van der Waals surface area (Å²) in [4.78, 5) is 26.6. The second-order valence-electron chi connectivity index (χ2n) is 7.97. The van der Waals surface area contributed by atoms with Gasteiger partial charge in [-0.1, -0.05) is 12.1 Å². The number of ether oxygens (including phenoxy) is 4. The summed E-state index contributed by atoms with van der Waals surface area (Å²) >= 11 is 0. The molecule has 2 aromatic rings. The van der Waals surface area contributed by atoms with Gasteiger partial charge in [0.15, 0.2) is 29.6 Å². The third-order valence-corrected chi connectivity index (χ3v) is 5.52. The summed E-state index contributed by atoms with van der Waals surface area (Å²) in [5, 5.41) is 4.02. The van der Waals surface area contributed by atoms with Crippen LogP contribution >= 0.6 is 0 Å². The van der Waals surface area contributed by atoms with Gasteiger partial charge in [-0.25, -0.2) is 5.43 Å². The minimum atomic E-state index is -0.792. The van der Waals surface area contributed by atoms with E-state index in [0.29, 0.717) is 35.2 Å². The largest absolute Gasteiger partial charge is 0.490 e. The van der Waals surface area contributed by atoms with E-state index in [4.69, 9.17) is 18.9 Å². The zero-order chi connectivity index (χ0) is 23.8. The topological polar surface area (TPSA) is 98.7 Å². The SMILES string of the molecule is CCOc1cc(/C=N/NC(=O)C2COc3ccccc3O2)ccc1OCC(=O)N1CCCCC1. The van der Waals surface area contributed by atoms with Gasteiger partial charge in [0.25, 0.3) is 11.8 Å². The van der Waals surface area contributed by atoms with E-state index in [1.165, 1.54) is 6.21 Å². The minimum absolute atomic E-state index is 0.0213. The van der Waals surface area contributed by atoms with Gasteiger partial charge in [-0.05, 0) is 62.1 Å². The Hall–Kier alpha value is -3.75. The summed E-state index contributed by atoms with van der Waals surface area (Å²) in [6, 6.07) is 12.4. The second-order valence-corrected chi connectivity index (χ2v) is 7.97. The van der Waals surface area contributed by atoms with Gasteiger partial charge in [-0.3, -0.25) is 9.59 Å². The number of amides is 2. The number of carbonyl (C=O) groups is 2. The molecule has 9 heteroatoms. The highest BCUT2D eigenvalue weighted by molar-refractivity contribution is 5.85. The van der Waals surface area contributed by atoms with Gasteiger partial charge in [0.1, 0.15) is 6.61 Å². The summed E-state index contributed by atoms with van der Waals surface area (Å²) < 4.78 is 22.7. The number of piperidine rings is 1. The molecule has 2 aliphatic heterocycles. The molecule has 2 heterocycles. The maximum absolute atomic E-state index is 12.4. The maximum Gasteiger partial charge on any atom is 0.284 e. The molecule has 0 aliphatic carbocycles. The zero-order valence-electron chi connectivity index (χ0n) is 19.2. The van der Waals surface area contributed by atoms with Gasteiger partial charge in [-0.15, -0.1) is 0 Å². The molecule has 2 aromatic carbocycles. The second kappa shape index (κ2) is 11.4. The van der Waals surface area contributed by atoms with Crippen molar-refractivity contribution in [2.45, 2.75) is 32.3 Å².